The van der Waals surface area contributed by atoms with E-state index in [0.717, 1.165) is 10.5 Å². The molecule has 3 rings (SSSR count). The van der Waals surface area contributed by atoms with Crippen molar-refractivity contribution in [3.8, 4) is 0 Å². The molecule has 2 aromatic heterocycles. The van der Waals surface area contributed by atoms with Crippen molar-refractivity contribution < 1.29 is 31.1 Å². The van der Waals surface area contributed by atoms with E-state index in [2.05, 4.69) is 4.98 Å². The number of hydrogen-bond donors (Lipinski definition) is 1. The average Bonchev–Trinajstić information content (AvgIpc) is 3.00. The molecule has 0 aliphatic carbocycles. The van der Waals surface area contributed by atoms with Crippen molar-refractivity contribution in [1.29, 1.82) is 0 Å². The van der Waals surface area contributed by atoms with Crippen LogP contribution in [0.1, 0.15) is 28.7 Å². The van der Waals surface area contributed by atoms with Gasteiger partial charge in [-0.15, -0.1) is 0 Å². The number of pyridine rings is 1. The number of imidazole rings is 1. The van der Waals surface area contributed by atoms with Crippen LogP contribution in [0.15, 0.2) is 24.4 Å². The van der Waals surface area contributed by atoms with Gasteiger partial charge >= 0.3 is 6.18 Å². The van der Waals surface area contributed by atoms with Crippen LogP contribution >= 0.6 is 11.6 Å². The molecule has 28 heavy (non-hydrogen) atoms. The highest BCUT2D eigenvalue weighted by molar-refractivity contribution is 6.33. The summed E-state index contributed by atoms with van der Waals surface area (Å²) in [5.41, 5.74) is -2.17. The summed E-state index contributed by atoms with van der Waals surface area (Å²) >= 11 is 5.87. The van der Waals surface area contributed by atoms with Gasteiger partial charge in [-0.2, -0.15) is 13.2 Å². The number of halogens is 7. The van der Waals surface area contributed by atoms with Crippen LogP contribution in [0.5, 0.6) is 0 Å². The molecule has 0 saturated heterocycles. The molecule has 0 fully saturated rings. The first-order valence-electron chi connectivity index (χ1n) is 7.77. The Balaban J connectivity index is 2.15. The molecular weight excluding hydrogens is 412 g/mol. The summed E-state index contributed by atoms with van der Waals surface area (Å²) < 4.78 is 80.3. The lowest BCUT2D eigenvalue weighted by atomic mass is 10.2. The van der Waals surface area contributed by atoms with Gasteiger partial charge in [0, 0.05) is 6.20 Å². The standard InChI is InChI=1S/C17H10ClF6N3O/c1-2-10-14(16(28)26-11-4-3-9(19)12(20)13(11)21)27-6-7(17(22,23)24)5-8(18)15(27)25-10/h3-6H,2H2,1H3,(H,26,28). The van der Waals surface area contributed by atoms with Gasteiger partial charge in [0.15, 0.2) is 23.1 Å². The van der Waals surface area contributed by atoms with E-state index in [4.69, 9.17) is 11.6 Å². The number of nitrogens with one attached hydrogen (secondary N) is 1. The number of amides is 1. The number of nitrogens with zero attached hydrogens (tertiary/aromatic N) is 2. The Morgan fingerprint density at radius 2 is 1.89 bits per heavy atom. The number of hydrogen-bond acceptors (Lipinski definition) is 2. The highest BCUT2D eigenvalue weighted by Gasteiger charge is 2.33. The molecule has 0 aliphatic heterocycles. The molecule has 11 heteroatoms. The van der Waals surface area contributed by atoms with E-state index in [0.29, 0.717) is 18.3 Å². The fraction of sp³-hybridized carbons (Fsp3) is 0.176. The Morgan fingerprint density at radius 1 is 1.21 bits per heavy atom. The average molecular weight is 422 g/mol. The summed E-state index contributed by atoms with van der Waals surface area (Å²) in [7, 11) is 0. The summed E-state index contributed by atoms with van der Waals surface area (Å²) in [6.45, 7) is 1.59. The number of alkyl halides is 3. The van der Waals surface area contributed by atoms with Crippen molar-refractivity contribution in [2.24, 2.45) is 0 Å². The molecule has 0 aliphatic rings. The van der Waals surface area contributed by atoms with Gasteiger partial charge in [0.25, 0.3) is 5.91 Å². The van der Waals surface area contributed by atoms with Crippen LogP contribution in [0.3, 0.4) is 0 Å². The van der Waals surface area contributed by atoms with Crippen molar-refractivity contribution in [3.05, 3.63) is 63.8 Å². The third-order valence-corrected chi connectivity index (χ3v) is 4.19. The van der Waals surface area contributed by atoms with E-state index in [9.17, 15) is 31.1 Å². The number of aryl methyl sites for hydroxylation is 1. The van der Waals surface area contributed by atoms with E-state index in [1.807, 2.05) is 5.32 Å². The summed E-state index contributed by atoms with van der Waals surface area (Å²) in [5.74, 6) is -5.96. The Kier molecular flexibility index (Phi) is 5.00. The first-order valence-corrected chi connectivity index (χ1v) is 8.14. The van der Waals surface area contributed by atoms with Gasteiger partial charge < -0.3 is 5.32 Å². The minimum Gasteiger partial charge on any atom is -0.318 e. The Labute approximate surface area is 158 Å². The van der Waals surface area contributed by atoms with Crippen molar-refractivity contribution >= 4 is 28.8 Å². The number of aromatic nitrogens is 2. The lowest BCUT2D eigenvalue weighted by Gasteiger charge is -2.11. The van der Waals surface area contributed by atoms with Crippen molar-refractivity contribution in [2.45, 2.75) is 19.5 Å². The SMILES string of the molecule is CCc1nc2c(Cl)cc(C(F)(F)F)cn2c1C(=O)Nc1ccc(F)c(F)c1F. The predicted octanol–water partition coefficient (Wildman–Crippen LogP) is 5.24. The number of carbonyl (C=O) groups excluding carboxylic acids is 1. The van der Waals surface area contributed by atoms with E-state index in [1.165, 1.54) is 0 Å². The molecule has 0 unspecified atom stereocenters. The molecular formula is C17H10ClF6N3O. The second-order valence-electron chi connectivity index (χ2n) is 5.71. The van der Waals surface area contributed by atoms with Gasteiger partial charge in [0.2, 0.25) is 0 Å². The van der Waals surface area contributed by atoms with Gasteiger partial charge in [-0.3, -0.25) is 9.20 Å². The second-order valence-corrected chi connectivity index (χ2v) is 6.11. The van der Waals surface area contributed by atoms with E-state index in [-0.39, 0.29) is 28.5 Å². The van der Waals surface area contributed by atoms with E-state index in [1.54, 1.807) is 6.92 Å². The number of rotatable bonds is 3. The fourth-order valence-electron chi connectivity index (χ4n) is 2.60. The summed E-state index contributed by atoms with van der Waals surface area (Å²) in [6, 6.07) is 2.05. The molecule has 0 saturated carbocycles. The van der Waals surface area contributed by atoms with Gasteiger partial charge in [-0.25, -0.2) is 18.2 Å². The van der Waals surface area contributed by atoms with Crippen LogP contribution in [-0.4, -0.2) is 15.3 Å². The molecule has 4 nitrogen and oxygen atoms in total. The van der Waals surface area contributed by atoms with Crippen molar-refractivity contribution in [1.82, 2.24) is 9.38 Å². The van der Waals surface area contributed by atoms with Crippen LogP contribution < -0.4 is 5.32 Å². The normalized spacial score (nSPS) is 11.9. The molecule has 0 atom stereocenters. The molecule has 0 spiro atoms. The van der Waals surface area contributed by atoms with E-state index < -0.39 is 40.8 Å². The quantitative estimate of drug-likeness (QED) is 0.464. The van der Waals surface area contributed by atoms with Crippen molar-refractivity contribution in [2.75, 3.05) is 5.32 Å². The molecule has 1 N–H and O–H groups in total. The van der Waals surface area contributed by atoms with Crippen molar-refractivity contribution in [3.63, 3.8) is 0 Å². The third-order valence-electron chi connectivity index (χ3n) is 3.91. The first kappa shape index (κ1) is 20.0. The molecule has 148 valence electrons. The van der Waals surface area contributed by atoms with Gasteiger partial charge in [-0.05, 0) is 24.6 Å². The number of benzene rings is 1. The lowest BCUT2D eigenvalue weighted by molar-refractivity contribution is -0.137. The zero-order valence-electron chi connectivity index (χ0n) is 14.0. The maximum absolute atomic E-state index is 13.8. The summed E-state index contributed by atoms with van der Waals surface area (Å²) in [5, 5.41) is 1.67. The van der Waals surface area contributed by atoms with Crippen LogP contribution in [0.4, 0.5) is 32.0 Å². The smallest absolute Gasteiger partial charge is 0.318 e. The zero-order valence-corrected chi connectivity index (χ0v) is 14.7. The maximum Gasteiger partial charge on any atom is 0.417 e. The summed E-state index contributed by atoms with van der Waals surface area (Å²) in [4.78, 5) is 16.7. The second kappa shape index (κ2) is 7.01. The highest BCUT2D eigenvalue weighted by Crippen LogP contribution is 2.33. The number of fused-ring (bicyclic) bond motifs is 1. The Hall–Kier alpha value is -2.75. The zero-order chi connectivity index (χ0) is 20.8. The van der Waals surface area contributed by atoms with E-state index >= 15 is 0 Å². The van der Waals surface area contributed by atoms with Gasteiger partial charge in [0.1, 0.15) is 5.69 Å². The van der Waals surface area contributed by atoms with Crippen LogP contribution in [-0.2, 0) is 12.6 Å². The maximum atomic E-state index is 13.8. The lowest BCUT2D eigenvalue weighted by Crippen LogP contribution is -2.18. The largest absolute Gasteiger partial charge is 0.417 e. The topological polar surface area (TPSA) is 46.4 Å². The minimum absolute atomic E-state index is 0.0849. The molecule has 0 radical (unpaired) electrons. The third kappa shape index (κ3) is 3.39. The number of anilines is 1. The van der Waals surface area contributed by atoms with Gasteiger partial charge in [0.05, 0.1) is 22.0 Å². The summed E-state index contributed by atoms with van der Waals surface area (Å²) in [6.07, 6.45) is -3.97. The number of carbonyl (C=O) groups is 1. The minimum atomic E-state index is -4.74. The Morgan fingerprint density at radius 3 is 2.50 bits per heavy atom. The monoisotopic (exact) mass is 421 g/mol. The fourth-order valence-corrected chi connectivity index (χ4v) is 2.85. The van der Waals surface area contributed by atoms with Crippen LogP contribution in [0.2, 0.25) is 5.02 Å². The molecule has 1 amide bonds. The van der Waals surface area contributed by atoms with Crippen LogP contribution in [0, 0.1) is 17.5 Å². The molecule has 3 aromatic rings. The molecule has 0 bridgehead atoms. The molecule has 1 aromatic carbocycles. The van der Waals surface area contributed by atoms with Gasteiger partial charge in [-0.1, -0.05) is 18.5 Å². The molecule has 2 heterocycles. The first-order chi connectivity index (χ1) is 13.0. The predicted molar refractivity (Wildman–Crippen MR) is 88.9 cm³/mol. The highest BCUT2D eigenvalue weighted by atomic mass is 35.5. The van der Waals surface area contributed by atoms with Crippen LogP contribution in [0.25, 0.3) is 5.65 Å². The Bertz CT molecular complexity index is 1090.